The van der Waals surface area contributed by atoms with Crippen molar-refractivity contribution in [2.24, 2.45) is 0 Å². The first kappa shape index (κ1) is 11.6. The third kappa shape index (κ3) is 2.83. The largest absolute Gasteiger partial charge is 0.379 e. The molecule has 2 aromatic heterocycles. The Labute approximate surface area is 108 Å². The maximum absolute atomic E-state index is 4.25. The third-order valence-corrected chi connectivity index (χ3v) is 4.11. The first-order valence-corrected chi connectivity index (χ1v) is 6.67. The quantitative estimate of drug-likeness (QED) is 0.861. The van der Waals surface area contributed by atoms with Gasteiger partial charge in [-0.05, 0) is 53.5 Å². The number of halogens is 1. The van der Waals surface area contributed by atoms with Gasteiger partial charge in [0.1, 0.15) is 4.60 Å². The van der Waals surface area contributed by atoms with Crippen molar-refractivity contribution in [1.82, 2.24) is 4.98 Å². The van der Waals surface area contributed by atoms with E-state index in [2.05, 4.69) is 51.4 Å². The van der Waals surface area contributed by atoms with Gasteiger partial charge < -0.3 is 5.32 Å². The number of anilines is 1. The molecule has 0 unspecified atom stereocenters. The topological polar surface area (TPSA) is 24.9 Å². The molecule has 2 heterocycles. The molecule has 0 spiro atoms. The minimum Gasteiger partial charge on any atom is -0.379 e. The average Bonchev–Trinajstić information content (AvgIpc) is 2.66. The lowest BCUT2D eigenvalue weighted by Gasteiger charge is -2.06. The first-order valence-electron chi connectivity index (χ1n) is 5.06. The summed E-state index contributed by atoms with van der Waals surface area (Å²) in [6, 6.07) is 6.40. The maximum atomic E-state index is 4.25. The van der Waals surface area contributed by atoms with Gasteiger partial charge >= 0.3 is 0 Å². The Bertz CT molecular complexity index is 494. The molecule has 0 radical (unpaired) electrons. The van der Waals surface area contributed by atoms with Crippen molar-refractivity contribution < 1.29 is 0 Å². The van der Waals surface area contributed by atoms with E-state index < -0.39 is 0 Å². The van der Waals surface area contributed by atoms with Gasteiger partial charge in [0.05, 0.1) is 11.9 Å². The highest BCUT2D eigenvalue weighted by molar-refractivity contribution is 9.10. The van der Waals surface area contributed by atoms with Crippen LogP contribution in [0, 0.1) is 13.8 Å². The van der Waals surface area contributed by atoms with Gasteiger partial charge in [-0.2, -0.15) is 0 Å². The lowest BCUT2D eigenvalue weighted by molar-refractivity contribution is 1.15. The van der Waals surface area contributed by atoms with Crippen molar-refractivity contribution in [3.8, 4) is 0 Å². The second-order valence-corrected chi connectivity index (χ2v) is 5.82. The fraction of sp³-hybridized carbons (Fsp3) is 0.250. The Morgan fingerprint density at radius 2 is 2.19 bits per heavy atom. The van der Waals surface area contributed by atoms with E-state index >= 15 is 0 Å². The minimum absolute atomic E-state index is 0.862. The number of rotatable bonds is 3. The van der Waals surface area contributed by atoms with Gasteiger partial charge in [0.15, 0.2) is 0 Å². The molecule has 2 rings (SSSR count). The summed E-state index contributed by atoms with van der Waals surface area (Å²) in [6.07, 6.45) is 1.84. The van der Waals surface area contributed by atoms with Crippen LogP contribution in [0.3, 0.4) is 0 Å². The predicted molar refractivity (Wildman–Crippen MR) is 73.1 cm³/mol. The number of nitrogens with zero attached hydrogens (tertiary/aromatic N) is 1. The summed E-state index contributed by atoms with van der Waals surface area (Å²) in [5.74, 6) is 0. The maximum Gasteiger partial charge on any atom is 0.109 e. The summed E-state index contributed by atoms with van der Waals surface area (Å²) in [7, 11) is 0. The molecule has 0 fully saturated rings. The van der Waals surface area contributed by atoms with Gasteiger partial charge in [-0.1, -0.05) is 0 Å². The highest BCUT2D eigenvalue weighted by Gasteiger charge is 2.00. The highest BCUT2D eigenvalue weighted by Crippen LogP contribution is 2.19. The Morgan fingerprint density at radius 1 is 1.38 bits per heavy atom. The van der Waals surface area contributed by atoms with Crippen molar-refractivity contribution in [2.75, 3.05) is 5.32 Å². The molecule has 0 atom stereocenters. The number of thiophene rings is 1. The molecular formula is C12H13BrN2S. The monoisotopic (exact) mass is 296 g/mol. The van der Waals surface area contributed by atoms with Gasteiger partial charge in [0.25, 0.3) is 0 Å². The van der Waals surface area contributed by atoms with Crippen LogP contribution < -0.4 is 5.32 Å². The van der Waals surface area contributed by atoms with Crippen molar-refractivity contribution in [3.63, 3.8) is 0 Å². The van der Waals surface area contributed by atoms with Crippen molar-refractivity contribution in [1.29, 1.82) is 0 Å². The molecule has 2 aromatic rings. The Balaban J connectivity index is 2.02. The van der Waals surface area contributed by atoms with Gasteiger partial charge in [0.2, 0.25) is 0 Å². The summed E-state index contributed by atoms with van der Waals surface area (Å²) in [5, 5.41) is 3.37. The van der Waals surface area contributed by atoms with Crippen LogP contribution in [-0.2, 0) is 6.54 Å². The number of aryl methyl sites for hydroxylation is 2. The lowest BCUT2D eigenvalue weighted by Crippen LogP contribution is -1.98. The van der Waals surface area contributed by atoms with E-state index in [1.165, 1.54) is 9.75 Å². The molecule has 16 heavy (non-hydrogen) atoms. The molecule has 0 amide bonds. The zero-order valence-electron chi connectivity index (χ0n) is 9.25. The normalized spacial score (nSPS) is 10.4. The van der Waals surface area contributed by atoms with Gasteiger partial charge in [-0.3, -0.25) is 0 Å². The van der Waals surface area contributed by atoms with Crippen LogP contribution in [0.4, 0.5) is 5.69 Å². The Morgan fingerprint density at radius 3 is 2.81 bits per heavy atom. The van der Waals surface area contributed by atoms with Crippen molar-refractivity contribution in [2.45, 2.75) is 20.4 Å². The van der Waals surface area contributed by atoms with E-state index in [0.29, 0.717) is 0 Å². The van der Waals surface area contributed by atoms with Gasteiger partial charge in [-0.25, -0.2) is 4.98 Å². The number of hydrogen-bond acceptors (Lipinski definition) is 3. The molecule has 4 heteroatoms. The van der Waals surface area contributed by atoms with Crippen molar-refractivity contribution >= 4 is 33.0 Å². The van der Waals surface area contributed by atoms with E-state index in [1.807, 2.05) is 24.5 Å². The molecule has 0 aliphatic carbocycles. The molecule has 84 valence electrons. The zero-order valence-corrected chi connectivity index (χ0v) is 11.7. The van der Waals surface area contributed by atoms with Gasteiger partial charge in [0, 0.05) is 16.3 Å². The first-order chi connectivity index (χ1) is 7.65. The van der Waals surface area contributed by atoms with Crippen LogP contribution in [0.15, 0.2) is 29.0 Å². The predicted octanol–water partition coefficient (Wildman–Crippen LogP) is 4.13. The van der Waals surface area contributed by atoms with Crippen LogP contribution in [0.1, 0.15) is 15.3 Å². The van der Waals surface area contributed by atoms with Crippen LogP contribution >= 0.6 is 27.3 Å². The second kappa shape index (κ2) is 4.97. The summed E-state index contributed by atoms with van der Waals surface area (Å²) in [5.41, 5.74) is 2.21. The van der Waals surface area contributed by atoms with E-state index in [1.54, 1.807) is 0 Å². The Hall–Kier alpha value is -0.870. The van der Waals surface area contributed by atoms with E-state index in [0.717, 1.165) is 22.4 Å². The average molecular weight is 297 g/mol. The van der Waals surface area contributed by atoms with Crippen LogP contribution in [-0.4, -0.2) is 4.98 Å². The number of aromatic nitrogens is 1. The van der Waals surface area contributed by atoms with E-state index in [9.17, 15) is 0 Å². The molecule has 0 aliphatic heterocycles. The molecule has 0 bridgehead atoms. The van der Waals surface area contributed by atoms with E-state index in [4.69, 9.17) is 0 Å². The second-order valence-electron chi connectivity index (χ2n) is 3.70. The van der Waals surface area contributed by atoms with E-state index in [-0.39, 0.29) is 0 Å². The number of pyridine rings is 1. The fourth-order valence-corrected chi connectivity index (χ4v) is 2.47. The van der Waals surface area contributed by atoms with Crippen LogP contribution in [0.2, 0.25) is 0 Å². The van der Waals surface area contributed by atoms with Crippen molar-refractivity contribution in [3.05, 3.63) is 44.3 Å². The fourth-order valence-electron chi connectivity index (χ4n) is 1.42. The molecular weight excluding hydrogens is 284 g/mol. The smallest absolute Gasteiger partial charge is 0.109 e. The van der Waals surface area contributed by atoms with Crippen LogP contribution in [0.5, 0.6) is 0 Å². The molecule has 0 saturated heterocycles. The minimum atomic E-state index is 0.862. The lowest BCUT2D eigenvalue weighted by atomic mass is 10.3. The number of hydrogen-bond donors (Lipinski definition) is 1. The summed E-state index contributed by atoms with van der Waals surface area (Å²) in [6.45, 7) is 5.03. The summed E-state index contributed by atoms with van der Waals surface area (Å²) >= 11 is 5.21. The standard InChI is InChI=1S/C12H13BrN2S/c1-8-5-10(6-15-12(8)13)14-7-11-4-3-9(2)16-11/h3-6,14H,7H2,1-2H3. The SMILES string of the molecule is Cc1ccc(CNc2cnc(Br)c(C)c2)s1. The molecule has 0 aliphatic rings. The molecule has 1 N–H and O–H groups in total. The highest BCUT2D eigenvalue weighted by atomic mass is 79.9. The molecule has 0 aromatic carbocycles. The third-order valence-electron chi connectivity index (χ3n) is 2.28. The van der Waals surface area contributed by atoms with Gasteiger partial charge in [-0.15, -0.1) is 11.3 Å². The summed E-state index contributed by atoms with van der Waals surface area (Å²) in [4.78, 5) is 6.95. The summed E-state index contributed by atoms with van der Waals surface area (Å²) < 4.78 is 0.907. The Kier molecular flexibility index (Phi) is 3.61. The zero-order chi connectivity index (χ0) is 11.5. The number of nitrogens with one attached hydrogen (secondary N) is 1. The van der Waals surface area contributed by atoms with Crippen LogP contribution in [0.25, 0.3) is 0 Å². The molecule has 2 nitrogen and oxygen atoms in total. The molecule has 0 saturated carbocycles.